The molecule has 1 saturated heterocycles. The smallest absolute Gasteiger partial charge is 0.263 e. The molecule has 3 aromatic rings. The zero-order valence-electron chi connectivity index (χ0n) is 17.6. The summed E-state index contributed by atoms with van der Waals surface area (Å²) in [7, 11) is 0. The lowest BCUT2D eigenvalue weighted by atomic mass is 9.96. The van der Waals surface area contributed by atoms with E-state index in [1.165, 1.54) is 24.4 Å². The van der Waals surface area contributed by atoms with Crippen LogP contribution in [-0.2, 0) is 10.3 Å². The molecule has 3 heterocycles. The van der Waals surface area contributed by atoms with E-state index in [0.29, 0.717) is 48.6 Å². The first-order chi connectivity index (χ1) is 14.6. The van der Waals surface area contributed by atoms with Crippen molar-refractivity contribution < 1.29 is 9.18 Å². The summed E-state index contributed by atoms with van der Waals surface area (Å²) >= 11 is 5.78. The molecule has 0 aliphatic carbocycles. The highest BCUT2D eigenvalue weighted by molar-refractivity contribution is 6.31. The monoisotopic (exact) mass is 446 g/mol. The van der Waals surface area contributed by atoms with Crippen LogP contribution in [-0.4, -0.2) is 38.7 Å². The van der Waals surface area contributed by atoms with E-state index in [1.54, 1.807) is 4.68 Å². The normalized spacial score (nSPS) is 15.5. The molecule has 1 aliphatic rings. The minimum Gasteiger partial charge on any atom is -0.342 e. The summed E-state index contributed by atoms with van der Waals surface area (Å²) in [4.78, 5) is 34.6. The van der Waals surface area contributed by atoms with E-state index in [4.69, 9.17) is 11.6 Å². The number of hydrogen-bond acceptors (Lipinski definition) is 5. The summed E-state index contributed by atoms with van der Waals surface area (Å²) < 4.78 is 15.0. The Hall–Kier alpha value is -2.94. The van der Waals surface area contributed by atoms with Crippen molar-refractivity contribution >= 4 is 40.2 Å². The molecule has 2 aromatic heterocycles. The van der Waals surface area contributed by atoms with Gasteiger partial charge in [0.05, 0.1) is 16.8 Å². The molecule has 0 radical (unpaired) electrons. The number of carbonyl (C=O) groups is 1. The van der Waals surface area contributed by atoms with Crippen LogP contribution in [0.5, 0.6) is 0 Å². The number of hydrogen-bond donors (Lipinski definition) is 2. The van der Waals surface area contributed by atoms with Crippen LogP contribution in [0.1, 0.15) is 33.6 Å². The van der Waals surface area contributed by atoms with E-state index in [-0.39, 0.29) is 27.9 Å². The Labute approximate surface area is 183 Å². The van der Waals surface area contributed by atoms with Crippen LogP contribution in [0.25, 0.3) is 11.0 Å². The van der Waals surface area contributed by atoms with Gasteiger partial charge in [0.15, 0.2) is 5.65 Å². The van der Waals surface area contributed by atoms with Crippen LogP contribution in [0.4, 0.5) is 16.0 Å². The number of fused-ring (bicyclic) bond motifs is 1. The van der Waals surface area contributed by atoms with Gasteiger partial charge in [0.25, 0.3) is 5.56 Å². The summed E-state index contributed by atoms with van der Waals surface area (Å²) in [6.07, 6.45) is 2.73. The summed E-state index contributed by atoms with van der Waals surface area (Å²) in [5.41, 5.74) is 0.460. The number of H-pyrrole nitrogens is 1. The largest absolute Gasteiger partial charge is 0.342 e. The number of halogens is 2. The number of nitrogens with zero attached hydrogens (tertiary/aromatic N) is 4. The first-order valence-electron chi connectivity index (χ1n) is 10.1. The van der Waals surface area contributed by atoms with Gasteiger partial charge in [-0.1, -0.05) is 11.6 Å². The molecule has 4 rings (SSSR count). The lowest BCUT2D eigenvalue weighted by molar-refractivity contribution is -0.120. The predicted molar refractivity (Wildman–Crippen MR) is 118 cm³/mol. The van der Waals surface area contributed by atoms with Crippen molar-refractivity contribution in [2.24, 2.45) is 5.92 Å². The van der Waals surface area contributed by atoms with Gasteiger partial charge in [-0.3, -0.25) is 14.6 Å². The van der Waals surface area contributed by atoms with Gasteiger partial charge in [-0.15, -0.1) is 0 Å². The topological polar surface area (TPSA) is 95.9 Å². The Bertz CT molecular complexity index is 1190. The first kappa shape index (κ1) is 21.3. The minimum absolute atomic E-state index is 0.0347. The quantitative estimate of drug-likeness (QED) is 0.641. The number of rotatable bonds is 3. The maximum atomic E-state index is 13.3. The van der Waals surface area contributed by atoms with E-state index >= 15 is 0 Å². The van der Waals surface area contributed by atoms with Crippen LogP contribution in [0.3, 0.4) is 0 Å². The fourth-order valence-corrected chi connectivity index (χ4v) is 3.90. The third kappa shape index (κ3) is 4.27. The Morgan fingerprint density at radius 2 is 2.00 bits per heavy atom. The molecule has 10 heteroatoms. The fourth-order valence-electron chi connectivity index (χ4n) is 3.72. The standard InChI is InChI=1S/C21H24ClFN6O2/c1-21(2,3)29-17-14(11-24-29)19(31)27-20(26-17)28-8-6-12(7-9-28)18(30)25-13-4-5-16(23)15(22)10-13/h4-5,10-12H,6-9H2,1-3H3,(H,25,30)(H,26,27,31). The number of carbonyl (C=O) groups excluding carboxylic acids is 1. The van der Waals surface area contributed by atoms with Crippen LogP contribution in [0, 0.1) is 11.7 Å². The van der Waals surface area contributed by atoms with Gasteiger partial charge in [-0.2, -0.15) is 10.1 Å². The van der Waals surface area contributed by atoms with Crippen molar-refractivity contribution in [2.75, 3.05) is 23.3 Å². The summed E-state index contributed by atoms with van der Waals surface area (Å²) in [6.45, 7) is 7.14. The first-order valence-corrected chi connectivity index (χ1v) is 10.5. The maximum absolute atomic E-state index is 13.3. The molecule has 1 amide bonds. The number of anilines is 2. The molecule has 0 bridgehead atoms. The second-order valence-corrected chi connectivity index (χ2v) is 9.14. The molecule has 2 N–H and O–H groups in total. The summed E-state index contributed by atoms with van der Waals surface area (Å²) in [5, 5.41) is 7.54. The fraction of sp³-hybridized carbons (Fsp3) is 0.429. The minimum atomic E-state index is -0.528. The molecule has 164 valence electrons. The molecule has 1 fully saturated rings. The van der Waals surface area contributed by atoms with Crippen molar-refractivity contribution in [1.82, 2.24) is 19.7 Å². The number of aromatic amines is 1. The second-order valence-electron chi connectivity index (χ2n) is 8.73. The lowest BCUT2D eigenvalue weighted by Gasteiger charge is -2.31. The van der Waals surface area contributed by atoms with Crippen LogP contribution in [0.15, 0.2) is 29.2 Å². The zero-order chi connectivity index (χ0) is 22.3. The Morgan fingerprint density at radius 1 is 1.29 bits per heavy atom. The SMILES string of the molecule is CC(C)(C)n1ncc2c(=O)[nH]c(N3CCC(C(=O)Nc4ccc(F)c(Cl)c4)CC3)nc21. The third-order valence-electron chi connectivity index (χ3n) is 5.41. The van der Waals surface area contributed by atoms with E-state index in [0.717, 1.165) is 0 Å². The Morgan fingerprint density at radius 3 is 2.65 bits per heavy atom. The van der Waals surface area contributed by atoms with Gasteiger partial charge >= 0.3 is 0 Å². The van der Waals surface area contributed by atoms with Crippen molar-refractivity contribution in [1.29, 1.82) is 0 Å². The van der Waals surface area contributed by atoms with E-state index in [9.17, 15) is 14.0 Å². The Kier molecular flexibility index (Phi) is 5.47. The molecule has 0 saturated carbocycles. The van der Waals surface area contributed by atoms with Gasteiger partial charge in [0.2, 0.25) is 11.9 Å². The molecule has 0 unspecified atom stereocenters. The van der Waals surface area contributed by atoms with Gasteiger partial charge in [0.1, 0.15) is 11.2 Å². The van der Waals surface area contributed by atoms with Crippen molar-refractivity contribution in [3.63, 3.8) is 0 Å². The highest BCUT2D eigenvalue weighted by atomic mass is 35.5. The molecule has 31 heavy (non-hydrogen) atoms. The average Bonchev–Trinajstić information content (AvgIpc) is 3.16. The number of aromatic nitrogens is 4. The summed E-state index contributed by atoms with van der Waals surface area (Å²) in [6, 6.07) is 4.10. The predicted octanol–water partition coefficient (Wildman–Crippen LogP) is 3.52. The molecule has 8 nitrogen and oxygen atoms in total. The van der Waals surface area contributed by atoms with Crippen molar-refractivity contribution in [3.05, 3.63) is 45.6 Å². The number of amides is 1. The van der Waals surface area contributed by atoms with Crippen molar-refractivity contribution in [2.45, 2.75) is 39.2 Å². The number of benzene rings is 1. The van der Waals surface area contributed by atoms with Crippen LogP contribution in [0.2, 0.25) is 5.02 Å². The number of nitrogens with one attached hydrogen (secondary N) is 2. The van der Waals surface area contributed by atoms with Gasteiger partial charge in [-0.05, 0) is 51.8 Å². The van der Waals surface area contributed by atoms with Gasteiger partial charge in [-0.25, -0.2) is 9.07 Å². The zero-order valence-corrected chi connectivity index (χ0v) is 18.3. The van der Waals surface area contributed by atoms with E-state index in [2.05, 4.69) is 20.4 Å². The van der Waals surface area contributed by atoms with Gasteiger partial charge in [0, 0.05) is 24.7 Å². The molecular formula is C21H24ClFN6O2. The molecular weight excluding hydrogens is 423 g/mol. The maximum Gasteiger partial charge on any atom is 0.263 e. The summed E-state index contributed by atoms with van der Waals surface area (Å²) in [5.74, 6) is -0.382. The highest BCUT2D eigenvalue weighted by Crippen LogP contribution is 2.25. The highest BCUT2D eigenvalue weighted by Gasteiger charge is 2.27. The lowest BCUT2D eigenvalue weighted by Crippen LogP contribution is -2.39. The average molecular weight is 447 g/mol. The van der Waals surface area contributed by atoms with Crippen LogP contribution < -0.4 is 15.8 Å². The molecule has 1 aromatic carbocycles. The van der Waals surface area contributed by atoms with Gasteiger partial charge < -0.3 is 10.2 Å². The molecule has 0 atom stereocenters. The van der Waals surface area contributed by atoms with E-state index in [1.807, 2.05) is 25.7 Å². The number of piperidine rings is 1. The molecule has 0 spiro atoms. The molecule has 1 aliphatic heterocycles. The third-order valence-corrected chi connectivity index (χ3v) is 5.70. The van der Waals surface area contributed by atoms with Crippen LogP contribution >= 0.6 is 11.6 Å². The van der Waals surface area contributed by atoms with E-state index < -0.39 is 5.82 Å². The van der Waals surface area contributed by atoms with Crippen molar-refractivity contribution in [3.8, 4) is 0 Å². The second kappa shape index (κ2) is 7.96. The Balaban J connectivity index is 1.47.